The number of hydrogen-bond acceptors (Lipinski definition) is 4. The second-order valence-corrected chi connectivity index (χ2v) is 8.03. The Labute approximate surface area is 126 Å². The standard InChI is InChI=1S/C13H25N3O4S/c1-10-8-15(9-11(2)20-10)13(17)14-12-4-6-16(7-5-12)21(3,18)19/h10-12H,4-9H2,1-3H3,(H,14,17)/t10-,11-/m1/s1. The number of nitrogens with one attached hydrogen (secondary N) is 1. The molecular formula is C13H25N3O4S. The predicted molar refractivity (Wildman–Crippen MR) is 79.6 cm³/mol. The molecular weight excluding hydrogens is 294 g/mol. The van der Waals surface area contributed by atoms with Crippen molar-refractivity contribution in [2.75, 3.05) is 32.4 Å². The number of carbonyl (C=O) groups is 1. The topological polar surface area (TPSA) is 79.0 Å². The Bertz CT molecular complexity index is 464. The lowest BCUT2D eigenvalue weighted by molar-refractivity contribution is -0.0548. The summed E-state index contributed by atoms with van der Waals surface area (Å²) in [5.41, 5.74) is 0. The molecule has 2 amide bonds. The van der Waals surface area contributed by atoms with Crippen LogP contribution >= 0.6 is 0 Å². The molecule has 7 nitrogen and oxygen atoms in total. The lowest BCUT2D eigenvalue weighted by Crippen LogP contribution is -2.55. The summed E-state index contributed by atoms with van der Waals surface area (Å²) in [6, 6.07) is -0.0289. The normalized spacial score (nSPS) is 29.4. The summed E-state index contributed by atoms with van der Waals surface area (Å²) in [6.45, 7) is 6.05. The van der Waals surface area contributed by atoms with Crippen LogP contribution in [-0.2, 0) is 14.8 Å². The zero-order chi connectivity index (χ0) is 15.6. The summed E-state index contributed by atoms with van der Waals surface area (Å²) in [5.74, 6) is 0. The lowest BCUT2D eigenvalue weighted by atomic mass is 10.1. The first-order valence-corrected chi connectivity index (χ1v) is 9.26. The molecule has 122 valence electrons. The molecule has 0 spiro atoms. The zero-order valence-electron chi connectivity index (χ0n) is 12.9. The minimum absolute atomic E-state index is 0.0453. The molecule has 2 rings (SSSR count). The van der Waals surface area contributed by atoms with E-state index in [1.807, 2.05) is 13.8 Å². The molecule has 8 heteroatoms. The van der Waals surface area contributed by atoms with Crippen molar-refractivity contribution in [3.05, 3.63) is 0 Å². The highest BCUT2D eigenvalue weighted by Crippen LogP contribution is 2.15. The van der Waals surface area contributed by atoms with E-state index in [0.717, 1.165) is 0 Å². The van der Waals surface area contributed by atoms with E-state index in [9.17, 15) is 13.2 Å². The summed E-state index contributed by atoms with van der Waals surface area (Å²) < 4.78 is 30.0. The summed E-state index contributed by atoms with van der Waals surface area (Å²) in [6.07, 6.45) is 2.64. The Morgan fingerprint density at radius 3 is 2.14 bits per heavy atom. The first kappa shape index (κ1) is 16.5. The zero-order valence-corrected chi connectivity index (χ0v) is 13.7. The van der Waals surface area contributed by atoms with Crippen LogP contribution < -0.4 is 5.32 Å². The van der Waals surface area contributed by atoms with Crippen LogP contribution in [0.1, 0.15) is 26.7 Å². The van der Waals surface area contributed by atoms with Crippen molar-refractivity contribution in [1.29, 1.82) is 0 Å². The molecule has 0 saturated carbocycles. The van der Waals surface area contributed by atoms with Crippen molar-refractivity contribution in [1.82, 2.24) is 14.5 Å². The van der Waals surface area contributed by atoms with Gasteiger partial charge in [0.05, 0.1) is 18.5 Å². The minimum atomic E-state index is -3.12. The van der Waals surface area contributed by atoms with Gasteiger partial charge in [0, 0.05) is 32.2 Å². The molecule has 0 aromatic carbocycles. The highest BCUT2D eigenvalue weighted by atomic mass is 32.2. The minimum Gasteiger partial charge on any atom is -0.372 e. The number of amides is 2. The van der Waals surface area contributed by atoms with E-state index in [1.54, 1.807) is 4.90 Å². The van der Waals surface area contributed by atoms with E-state index < -0.39 is 10.0 Å². The molecule has 2 aliphatic rings. The third-order valence-electron chi connectivity index (χ3n) is 3.96. The molecule has 0 bridgehead atoms. The lowest BCUT2D eigenvalue weighted by Gasteiger charge is -2.37. The second kappa shape index (κ2) is 6.50. The fraction of sp³-hybridized carbons (Fsp3) is 0.923. The first-order chi connectivity index (χ1) is 9.75. The Hall–Kier alpha value is -0.860. The van der Waals surface area contributed by atoms with Crippen molar-refractivity contribution < 1.29 is 17.9 Å². The first-order valence-electron chi connectivity index (χ1n) is 7.41. The van der Waals surface area contributed by atoms with Crippen molar-refractivity contribution in [2.45, 2.75) is 44.9 Å². The van der Waals surface area contributed by atoms with Crippen molar-refractivity contribution in [2.24, 2.45) is 0 Å². The molecule has 0 radical (unpaired) electrons. The Kier molecular flexibility index (Phi) is 5.11. The number of carbonyl (C=O) groups excluding carboxylic acids is 1. The van der Waals surface area contributed by atoms with Gasteiger partial charge in [0.15, 0.2) is 0 Å². The van der Waals surface area contributed by atoms with Gasteiger partial charge >= 0.3 is 6.03 Å². The van der Waals surface area contributed by atoms with E-state index in [4.69, 9.17) is 4.74 Å². The highest BCUT2D eigenvalue weighted by Gasteiger charge is 2.29. The van der Waals surface area contributed by atoms with E-state index in [2.05, 4.69) is 5.32 Å². The highest BCUT2D eigenvalue weighted by molar-refractivity contribution is 7.88. The van der Waals surface area contributed by atoms with Gasteiger partial charge in [-0.2, -0.15) is 0 Å². The summed E-state index contributed by atoms with van der Waals surface area (Å²) >= 11 is 0. The summed E-state index contributed by atoms with van der Waals surface area (Å²) in [4.78, 5) is 14.0. The van der Waals surface area contributed by atoms with Crippen LogP contribution in [0.5, 0.6) is 0 Å². The molecule has 2 fully saturated rings. The number of hydrogen-bond donors (Lipinski definition) is 1. The molecule has 2 aliphatic heterocycles. The number of rotatable bonds is 2. The molecule has 0 aliphatic carbocycles. The molecule has 0 aromatic rings. The Morgan fingerprint density at radius 2 is 1.67 bits per heavy atom. The van der Waals surface area contributed by atoms with Crippen LogP contribution in [0.3, 0.4) is 0 Å². The Balaban J connectivity index is 1.82. The van der Waals surface area contributed by atoms with Gasteiger partial charge in [0.1, 0.15) is 0 Å². The largest absolute Gasteiger partial charge is 0.372 e. The molecule has 21 heavy (non-hydrogen) atoms. The maximum atomic E-state index is 12.3. The van der Waals surface area contributed by atoms with Gasteiger partial charge in [-0.1, -0.05) is 0 Å². The van der Waals surface area contributed by atoms with Gasteiger partial charge in [-0.3, -0.25) is 0 Å². The fourth-order valence-electron chi connectivity index (χ4n) is 2.94. The van der Waals surface area contributed by atoms with Gasteiger partial charge in [-0.25, -0.2) is 17.5 Å². The van der Waals surface area contributed by atoms with Crippen LogP contribution in [0.15, 0.2) is 0 Å². The quantitative estimate of drug-likeness (QED) is 0.790. The van der Waals surface area contributed by atoms with Gasteiger partial charge < -0.3 is 15.0 Å². The van der Waals surface area contributed by atoms with Crippen LogP contribution in [0.4, 0.5) is 4.79 Å². The average Bonchev–Trinajstić information content (AvgIpc) is 2.37. The second-order valence-electron chi connectivity index (χ2n) is 6.05. The van der Waals surface area contributed by atoms with E-state index in [0.29, 0.717) is 39.0 Å². The molecule has 2 atom stereocenters. The maximum absolute atomic E-state index is 12.3. The van der Waals surface area contributed by atoms with Crippen LogP contribution in [0.25, 0.3) is 0 Å². The SMILES string of the molecule is C[C@@H]1CN(C(=O)NC2CCN(S(C)(=O)=O)CC2)C[C@@H](C)O1. The van der Waals surface area contributed by atoms with E-state index in [1.165, 1.54) is 10.6 Å². The molecule has 2 saturated heterocycles. The summed E-state index contributed by atoms with van der Waals surface area (Å²) in [7, 11) is -3.12. The number of urea groups is 1. The van der Waals surface area contributed by atoms with Crippen LogP contribution in [0, 0.1) is 0 Å². The maximum Gasteiger partial charge on any atom is 0.317 e. The summed E-state index contributed by atoms with van der Waals surface area (Å²) in [5, 5.41) is 3.01. The monoisotopic (exact) mass is 319 g/mol. The number of sulfonamides is 1. The number of nitrogens with zero attached hydrogens (tertiary/aromatic N) is 2. The van der Waals surface area contributed by atoms with Crippen LogP contribution in [0.2, 0.25) is 0 Å². The molecule has 1 N–H and O–H groups in total. The third-order valence-corrected chi connectivity index (χ3v) is 5.26. The fourth-order valence-corrected chi connectivity index (χ4v) is 3.82. The van der Waals surface area contributed by atoms with Crippen molar-refractivity contribution >= 4 is 16.1 Å². The van der Waals surface area contributed by atoms with E-state index in [-0.39, 0.29) is 24.3 Å². The van der Waals surface area contributed by atoms with Crippen LogP contribution in [-0.4, -0.2) is 74.3 Å². The number of ether oxygens (including phenoxy) is 1. The molecule has 0 aromatic heterocycles. The smallest absolute Gasteiger partial charge is 0.317 e. The number of morpholine rings is 1. The Morgan fingerprint density at radius 1 is 1.14 bits per heavy atom. The van der Waals surface area contributed by atoms with Gasteiger partial charge in [0.25, 0.3) is 0 Å². The van der Waals surface area contributed by atoms with Gasteiger partial charge in [-0.15, -0.1) is 0 Å². The van der Waals surface area contributed by atoms with Crippen molar-refractivity contribution in [3.63, 3.8) is 0 Å². The molecule has 2 heterocycles. The van der Waals surface area contributed by atoms with E-state index >= 15 is 0 Å². The number of piperidine rings is 1. The average molecular weight is 319 g/mol. The van der Waals surface area contributed by atoms with Gasteiger partial charge in [0.2, 0.25) is 10.0 Å². The van der Waals surface area contributed by atoms with Crippen molar-refractivity contribution in [3.8, 4) is 0 Å². The van der Waals surface area contributed by atoms with Gasteiger partial charge in [-0.05, 0) is 26.7 Å². The predicted octanol–water partition coefficient (Wildman–Crippen LogP) is 0.229. The third kappa shape index (κ3) is 4.55. The molecule has 0 unspecified atom stereocenters.